The molecule has 3 heterocycles. The van der Waals surface area contributed by atoms with Gasteiger partial charge in [-0.25, -0.2) is 4.98 Å². The van der Waals surface area contributed by atoms with E-state index in [4.69, 9.17) is 16.1 Å². The molecule has 0 atom stereocenters. The van der Waals surface area contributed by atoms with Crippen LogP contribution in [0.1, 0.15) is 17.7 Å². The lowest BCUT2D eigenvalue weighted by Crippen LogP contribution is -2.23. The van der Waals surface area contributed by atoms with Crippen LogP contribution >= 0.6 is 22.9 Å². The molecule has 1 aliphatic carbocycles. The minimum atomic E-state index is 0.137. The van der Waals surface area contributed by atoms with Crippen LogP contribution in [0.2, 0.25) is 5.15 Å². The topological polar surface area (TPSA) is 80.9 Å². The van der Waals surface area contributed by atoms with E-state index in [1.165, 1.54) is 11.3 Å². The number of nitrogens with one attached hydrogen (secondary N) is 1. The SMILES string of the molecule is O=C(NCc1ccc(-c2noc(-c3cccnc3Cl)n2)s1)C1CC1. The van der Waals surface area contributed by atoms with E-state index in [1.807, 2.05) is 12.1 Å². The molecule has 1 N–H and O–H groups in total. The molecule has 0 spiro atoms. The third kappa shape index (κ3) is 3.18. The minimum absolute atomic E-state index is 0.137. The molecular formula is C16H13ClN4O2S. The first-order valence-corrected chi connectivity index (χ1v) is 8.71. The number of nitrogens with zero attached hydrogens (tertiary/aromatic N) is 3. The summed E-state index contributed by atoms with van der Waals surface area (Å²) in [5, 5.41) is 7.27. The second-order valence-electron chi connectivity index (χ2n) is 5.52. The lowest BCUT2D eigenvalue weighted by atomic mass is 10.3. The zero-order valence-electron chi connectivity index (χ0n) is 12.5. The van der Waals surface area contributed by atoms with Crippen LogP contribution in [0, 0.1) is 5.92 Å². The third-order valence-electron chi connectivity index (χ3n) is 3.68. The highest BCUT2D eigenvalue weighted by molar-refractivity contribution is 7.15. The van der Waals surface area contributed by atoms with E-state index in [9.17, 15) is 4.79 Å². The smallest absolute Gasteiger partial charge is 0.261 e. The Hall–Kier alpha value is -2.25. The van der Waals surface area contributed by atoms with Gasteiger partial charge in [0.15, 0.2) is 0 Å². The van der Waals surface area contributed by atoms with E-state index < -0.39 is 0 Å². The molecule has 1 fully saturated rings. The summed E-state index contributed by atoms with van der Waals surface area (Å²) in [6.07, 6.45) is 3.61. The van der Waals surface area contributed by atoms with E-state index in [0.29, 0.717) is 29.0 Å². The molecule has 0 aromatic carbocycles. The molecule has 1 aliphatic rings. The summed E-state index contributed by atoms with van der Waals surface area (Å²) in [5.74, 6) is 1.18. The van der Waals surface area contributed by atoms with Gasteiger partial charge in [-0.15, -0.1) is 11.3 Å². The van der Waals surface area contributed by atoms with Crippen LogP contribution in [0.25, 0.3) is 22.2 Å². The number of pyridine rings is 1. The molecular weight excluding hydrogens is 348 g/mol. The first kappa shape index (κ1) is 15.3. The number of rotatable bonds is 5. The fourth-order valence-electron chi connectivity index (χ4n) is 2.24. The molecule has 0 unspecified atom stereocenters. The van der Waals surface area contributed by atoms with Gasteiger partial charge in [-0.2, -0.15) is 4.98 Å². The van der Waals surface area contributed by atoms with E-state index in [2.05, 4.69) is 20.4 Å². The Morgan fingerprint density at radius 2 is 2.25 bits per heavy atom. The average Bonchev–Trinajstić information content (AvgIpc) is 3.14. The summed E-state index contributed by atoms with van der Waals surface area (Å²) in [7, 11) is 0. The number of carbonyl (C=O) groups excluding carboxylic acids is 1. The number of hydrogen-bond acceptors (Lipinski definition) is 6. The summed E-state index contributed by atoms with van der Waals surface area (Å²) in [5.41, 5.74) is 0.603. The van der Waals surface area contributed by atoms with Crippen LogP contribution in [0.4, 0.5) is 0 Å². The maximum Gasteiger partial charge on any atom is 0.261 e. The predicted octanol–water partition coefficient (Wildman–Crippen LogP) is 3.54. The highest BCUT2D eigenvalue weighted by Gasteiger charge is 2.29. The molecule has 1 amide bonds. The van der Waals surface area contributed by atoms with E-state index >= 15 is 0 Å². The number of thiophene rings is 1. The summed E-state index contributed by atoms with van der Waals surface area (Å²) >= 11 is 7.57. The minimum Gasteiger partial charge on any atom is -0.351 e. The first-order chi connectivity index (χ1) is 11.7. The zero-order valence-corrected chi connectivity index (χ0v) is 14.1. The van der Waals surface area contributed by atoms with E-state index in [1.54, 1.807) is 18.3 Å². The summed E-state index contributed by atoms with van der Waals surface area (Å²) in [6.45, 7) is 0.527. The molecule has 24 heavy (non-hydrogen) atoms. The Morgan fingerprint density at radius 3 is 3.04 bits per heavy atom. The van der Waals surface area contributed by atoms with Gasteiger partial charge < -0.3 is 9.84 Å². The third-order valence-corrected chi connectivity index (χ3v) is 5.06. The molecule has 0 aliphatic heterocycles. The summed E-state index contributed by atoms with van der Waals surface area (Å²) in [6, 6.07) is 7.42. The quantitative estimate of drug-likeness (QED) is 0.704. The second-order valence-corrected chi connectivity index (χ2v) is 7.05. The fourth-order valence-corrected chi connectivity index (χ4v) is 3.31. The van der Waals surface area contributed by atoms with Crippen LogP contribution in [-0.4, -0.2) is 21.0 Å². The van der Waals surface area contributed by atoms with Crippen molar-refractivity contribution in [3.8, 4) is 22.2 Å². The van der Waals surface area contributed by atoms with Gasteiger partial charge in [0.2, 0.25) is 11.7 Å². The van der Waals surface area contributed by atoms with Crippen LogP contribution in [0.5, 0.6) is 0 Å². The Bertz CT molecular complexity index is 888. The Kier molecular flexibility index (Phi) is 4.03. The summed E-state index contributed by atoms with van der Waals surface area (Å²) < 4.78 is 5.28. The standard InChI is InChI=1S/C16H13ClN4O2S/c17-13-11(2-1-7-18-13)16-20-14(21-23-16)12-6-5-10(24-12)8-19-15(22)9-3-4-9/h1-2,5-7,9H,3-4,8H2,(H,19,22). The van der Waals surface area contributed by atoms with Crippen molar-refractivity contribution < 1.29 is 9.32 Å². The van der Waals surface area contributed by atoms with E-state index in [-0.39, 0.29) is 11.8 Å². The van der Waals surface area contributed by atoms with Gasteiger partial charge in [0, 0.05) is 17.0 Å². The van der Waals surface area contributed by atoms with Crippen molar-refractivity contribution in [3.05, 3.63) is 40.5 Å². The van der Waals surface area contributed by atoms with Crippen LogP contribution in [-0.2, 0) is 11.3 Å². The summed E-state index contributed by atoms with van der Waals surface area (Å²) in [4.78, 5) is 22.0. The first-order valence-electron chi connectivity index (χ1n) is 7.52. The highest BCUT2D eigenvalue weighted by atomic mass is 35.5. The molecule has 1 saturated carbocycles. The molecule has 122 valence electrons. The van der Waals surface area contributed by atoms with Crippen molar-refractivity contribution in [3.63, 3.8) is 0 Å². The Morgan fingerprint density at radius 1 is 1.38 bits per heavy atom. The number of carbonyl (C=O) groups is 1. The van der Waals surface area contributed by atoms with Gasteiger partial charge in [-0.1, -0.05) is 16.8 Å². The van der Waals surface area contributed by atoms with Gasteiger partial charge >= 0.3 is 0 Å². The van der Waals surface area contributed by atoms with Crippen molar-refractivity contribution in [1.29, 1.82) is 0 Å². The largest absolute Gasteiger partial charge is 0.351 e. The van der Waals surface area contributed by atoms with Crippen LogP contribution in [0.15, 0.2) is 35.0 Å². The lowest BCUT2D eigenvalue weighted by molar-refractivity contribution is -0.122. The molecule has 0 saturated heterocycles. The van der Waals surface area contributed by atoms with Gasteiger partial charge in [-0.05, 0) is 37.1 Å². The molecule has 8 heteroatoms. The lowest BCUT2D eigenvalue weighted by Gasteiger charge is -2.00. The van der Waals surface area contributed by atoms with Crippen LogP contribution in [0.3, 0.4) is 0 Å². The van der Waals surface area contributed by atoms with E-state index in [0.717, 1.165) is 22.6 Å². The Labute approximate surface area is 146 Å². The van der Waals surface area contributed by atoms with Crippen molar-refractivity contribution in [2.45, 2.75) is 19.4 Å². The number of halogens is 1. The van der Waals surface area contributed by atoms with Gasteiger partial charge in [0.25, 0.3) is 5.89 Å². The average molecular weight is 361 g/mol. The molecule has 3 aromatic rings. The van der Waals surface area contributed by atoms with Crippen molar-refractivity contribution in [2.24, 2.45) is 5.92 Å². The molecule has 4 rings (SSSR count). The predicted molar refractivity (Wildman–Crippen MR) is 90.4 cm³/mol. The molecule has 6 nitrogen and oxygen atoms in total. The fraction of sp³-hybridized carbons (Fsp3) is 0.250. The monoisotopic (exact) mass is 360 g/mol. The maximum absolute atomic E-state index is 11.7. The highest BCUT2D eigenvalue weighted by Crippen LogP contribution is 2.31. The normalized spacial score (nSPS) is 13.9. The van der Waals surface area contributed by atoms with Crippen molar-refractivity contribution in [1.82, 2.24) is 20.4 Å². The number of hydrogen-bond donors (Lipinski definition) is 1. The Balaban J connectivity index is 1.48. The molecule has 0 radical (unpaired) electrons. The second kappa shape index (κ2) is 6.33. The number of aromatic nitrogens is 3. The van der Waals surface area contributed by atoms with Crippen molar-refractivity contribution in [2.75, 3.05) is 0 Å². The number of amides is 1. The van der Waals surface area contributed by atoms with Gasteiger partial charge in [-0.3, -0.25) is 4.79 Å². The maximum atomic E-state index is 11.7. The molecule has 3 aromatic heterocycles. The zero-order chi connectivity index (χ0) is 16.5. The molecule has 0 bridgehead atoms. The van der Waals surface area contributed by atoms with Crippen LogP contribution < -0.4 is 5.32 Å². The van der Waals surface area contributed by atoms with Gasteiger partial charge in [0.05, 0.1) is 17.0 Å². The van der Waals surface area contributed by atoms with Gasteiger partial charge in [0.1, 0.15) is 5.15 Å². The van der Waals surface area contributed by atoms with Crippen molar-refractivity contribution >= 4 is 28.8 Å².